The zero-order valence-corrected chi connectivity index (χ0v) is 18.4. The average Bonchev–Trinajstić information content (AvgIpc) is 2.82. The van der Waals surface area contributed by atoms with Crippen molar-refractivity contribution in [2.24, 2.45) is 11.8 Å². The van der Waals surface area contributed by atoms with Gasteiger partial charge in [0.1, 0.15) is 0 Å². The van der Waals surface area contributed by atoms with Gasteiger partial charge in [0.05, 0.1) is 12.5 Å². The minimum absolute atomic E-state index is 0.0189. The summed E-state index contributed by atoms with van der Waals surface area (Å²) >= 11 is 0. The number of hydrogen-bond donors (Lipinski definition) is 0. The quantitative estimate of drug-likeness (QED) is 0.682. The van der Waals surface area contributed by atoms with Gasteiger partial charge in [0.15, 0.2) is 0 Å². The Hall–Kier alpha value is -1.73. The van der Waals surface area contributed by atoms with Crippen LogP contribution in [0, 0.1) is 11.8 Å². The zero-order valence-electron chi connectivity index (χ0n) is 18.4. The van der Waals surface area contributed by atoms with Crippen LogP contribution in [0.3, 0.4) is 0 Å². The van der Waals surface area contributed by atoms with Crippen LogP contribution in [0.5, 0.6) is 0 Å². The highest BCUT2D eigenvalue weighted by Gasteiger charge is 2.36. The van der Waals surface area contributed by atoms with Crippen LogP contribution in [0.4, 0.5) is 5.95 Å². The van der Waals surface area contributed by atoms with E-state index in [9.17, 15) is 4.79 Å². The van der Waals surface area contributed by atoms with E-state index in [0.717, 1.165) is 31.9 Å². The molecule has 1 amide bonds. The Morgan fingerprint density at radius 1 is 1.10 bits per heavy atom. The summed E-state index contributed by atoms with van der Waals surface area (Å²) in [5, 5.41) is 0. The Labute approximate surface area is 180 Å². The van der Waals surface area contributed by atoms with Gasteiger partial charge in [-0.25, -0.2) is 9.97 Å². The van der Waals surface area contributed by atoms with Crippen LogP contribution in [0.15, 0.2) is 18.5 Å². The second-order valence-corrected chi connectivity index (χ2v) is 9.11. The van der Waals surface area contributed by atoms with Gasteiger partial charge in [-0.2, -0.15) is 0 Å². The molecule has 3 saturated heterocycles. The number of fused-ring (bicyclic) bond motifs is 1. The van der Waals surface area contributed by atoms with Crippen molar-refractivity contribution >= 4 is 11.9 Å². The van der Waals surface area contributed by atoms with Crippen LogP contribution in [0.2, 0.25) is 0 Å². The highest BCUT2D eigenvalue weighted by atomic mass is 16.5. The second-order valence-electron chi connectivity index (χ2n) is 9.11. The van der Waals surface area contributed by atoms with Gasteiger partial charge in [-0.05, 0) is 63.6 Å². The van der Waals surface area contributed by atoms with E-state index in [1.807, 2.05) is 6.07 Å². The summed E-state index contributed by atoms with van der Waals surface area (Å²) in [4.78, 5) is 29.4. The molecule has 7 heteroatoms. The Morgan fingerprint density at radius 3 is 2.73 bits per heavy atom. The van der Waals surface area contributed by atoms with Crippen LogP contribution in [0.25, 0.3) is 0 Å². The van der Waals surface area contributed by atoms with E-state index in [2.05, 4.69) is 24.7 Å². The molecule has 3 fully saturated rings. The van der Waals surface area contributed by atoms with Gasteiger partial charge in [0, 0.05) is 51.7 Å². The van der Waals surface area contributed by atoms with Gasteiger partial charge in [-0.15, -0.1) is 0 Å². The number of hydrogen-bond acceptors (Lipinski definition) is 6. The van der Waals surface area contributed by atoms with Gasteiger partial charge in [-0.1, -0.05) is 6.42 Å². The lowest BCUT2D eigenvalue weighted by molar-refractivity contribution is -0.138. The van der Waals surface area contributed by atoms with Crippen LogP contribution in [-0.4, -0.2) is 84.7 Å². The maximum absolute atomic E-state index is 13.6. The number of rotatable bonds is 7. The number of aromatic nitrogens is 2. The summed E-state index contributed by atoms with van der Waals surface area (Å²) < 4.78 is 5.36. The predicted octanol–water partition coefficient (Wildman–Crippen LogP) is 2.43. The Balaban J connectivity index is 1.42. The number of amides is 1. The number of ether oxygens (including phenoxy) is 1. The van der Waals surface area contributed by atoms with Crippen molar-refractivity contribution in [2.75, 3.05) is 57.9 Å². The Morgan fingerprint density at radius 2 is 1.90 bits per heavy atom. The Kier molecular flexibility index (Phi) is 7.55. The van der Waals surface area contributed by atoms with Crippen LogP contribution >= 0.6 is 0 Å². The van der Waals surface area contributed by atoms with E-state index < -0.39 is 0 Å². The van der Waals surface area contributed by atoms with Crippen LogP contribution in [-0.2, 0) is 9.53 Å². The SMILES string of the molecule is COCCN(C[C@@H]1CCCN2CCCC[C@H]12)C(=O)C1CCCN(c2ncccn2)C1. The topological polar surface area (TPSA) is 61.8 Å². The molecule has 4 rings (SSSR count). The number of methoxy groups -OCH3 is 1. The third kappa shape index (κ3) is 5.11. The molecule has 3 atom stereocenters. The van der Waals surface area contributed by atoms with Gasteiger partial charge in [0.2, 0.25) is 11.9 Å². The molecule has 0 aromatic carbocycles. The maximum atomic E-state index is 13.6. The largest absolute Gasteiger partial charge is 0.383 e. The molecule has 7 nitrogen and oxygen atoms in total. The summed E-state index contributed by atoms with van der Waals surface area (Å²) in [6, 6.07) is 2.49. The second kappa shape index (κ2) is 10.5. The molecule has 4 heterocycles. The summed E-state index contributed by atoms with van der Waals surface area (Å²) in [7, 11) is 1.72. The molecule has 0 N–H and O–H groups in total. The summed E-state index contributed by atoms with van der Waals surface area (Å²) in [5.74, 6) is 1.65. The molecule has 3 aliphatic rings. The Bertz CT molecular complexity index is 671. The van der Waals surface area contributed by atoms with E-state index in [-0.39, 0.29) is 5.92 Å². The highest BCUT2D eigenvalue weighted by Crippen LogP contribution is 2.32. The van der Waals surface area contributed by atoms with Crippen molar-refractivity contribution in [2.45, 2.75) is 51.0 Å². The lowest BCUT2D eigenvalue weighted by Gasteiger charge is -2.46. The van der Waals surface area contributed by atoms with E-state index in [0.29, 0.717) is 37.6 Å². The molecule has 0 bridgehead atoms. The molecular weight excluding hydrogens is 378 g/mol. The number of carbonyl (C=O) groups excluding carboxylic acids is 1. The normalized spacial score (nSPS) is 27.5. The number of nitrogens with zero attached hydrogens (tertiary/aromatic N) is 5. The fraction of sp³-hybridized carbons (Fsp3) is 0.783. The molecule has 1 aromatic rings. The minimum Gasteiger partial charge on any atom is -0.383 e. The van der Waals surface area contributed by atoms with E-state index in [1.54, 1.807) is 19.5 Å². The molecule has 1 unspecified atom stereocenters. The van der Waals surface area contributed by atoms with Crippen molar-refractivity contribution in [1.82, 2.24) is 19.8 Å². The third-order valence-electron chi connectivity index (χ3n) is 7.17. The summed E-state index contributed by atoms with van der Waals surface area (Å²) in [6.07, 6.45) is 12.0. The zero-order chi connectivity index (χ0) is 20.8. The van der Waals surface area contributed by atoms with Gasteiger partial charge >= 0.3 is 0 Å². The molecule has 166 valence electrons. The van der Waals surface area contributed by atoms with Crippen LogP contribution < -0.4 is 4.90 Å². The first-order valence-corrected chi connectivity index (χ1v) is 11.8. The first-order valence-electron chi connectivity index (χ1n) is 11.8. The predicted molar refractivity (Wildman–Crippen MR) is 117 cm³/mol. The fourth-order valence-corrected chi connectivity index (χ4v) is 5.64. The first kappa shape index (κ1) is 21.5. The first-order chi connectivity index (χ1) is 14.8. The lowest BCUT2D eigenvalue weighted by atomic mass is 9.83. The van der Waals surface area contributed by atoms with Crippen molar-refractivity contribution in [3.05, 3.63) is 18.5 Å². The standard InChI is InChI=1S/C23H37N5O2/c1-30-16-15-27(17-19-7-4-13-26-12-3-2-9-21(19)26)22(29)20-8-5-14-28(18-20)23-24-10-6-11-25-23/h6,10-11,19-21H,2-5,7-9,12-18H2,1H3/t19-,20?,21+/m0/s1. The molecule has 1 aromatic heterocycles. The fourth-order valence-electron chi connectivity index (χ4n) is 5.64. The van der Waals surface area contributed by atoms with Gasteiger partial charge in [0.25, 0.3) is 0 Å². The molecule has 3 aliphatic heterocycles. The lowest BCUT2D eigenvalue weighted by Crippen LogP contribution is -2.53. The van der Waals surface area contributed by atoms with Crippen LogP contribution in [0.1, 0.15) is 44.9 Å². The van der Waals surface area contributed by atoms with Crippen molar-refractivity contribution < 1.29 is 9.53 Å². The highest BCUT2D eigenvalue weighted by molar-refractivity contribution is 5.79. The van der Waals surface area contributed by atoms with Gasteiger partial charge in [-0.3, -0.25) is 4.79 Å². The van der Waals surface area contributed by atoms with Gasteiger partial charge < -0.3 is 19.4 Å². The minimum atomic E-state index is 0.0189. The maximum Gasteiger partial charge on any atom is 0.227 e. The average molecular weight is 416 g/mol. The third-order valence-corrected chi connectivity index (χ3v) is 7.17. The number of carbonyl (C=O) groups is 1. The summed E-state index contributed by atoms with van der Waals surface area (Å²) in [5.41, 5.74) is 0. The molecule has 0 aliphatic carbocycles. The molecule has 0 radical (unpaired) electrons. The van der Waals surface area contributed by atoms with E-state index in [4.69, 9.17) is 4.74 Å². The monoisotopic (exact) mass is 415 g/mol. The smallest absolute Gasteiger partial charge is 0.227 e. The molecule has 0 saturated carbocycles. The van der Waals surface area contributed by atoms with Crippen molar-refractivity contribution in [3.8, 4) is 0 Å². The summed E-state index contributed by atoms with van der Waals surface area (Å²) in [6.45, 7) is 6.28. The number of anilines is 1. The molecule has 30 heavy (non-hydrogen) atoms. The van der Waals surface area contributed by atoms with E-state index >= 15 is 0 Å². The van der Waals surface area contributed by atoms with Crippen molar-refractivity contribution in [1.29, 1.82) is 0 Å². The van der Waals surface area contributed by atoms with Crippen molar-refractivity contribution in [3.63, 3.8) is 0 Å². The molecule has 0 spiro atoms. The van der Waals surface area contributed by atoms with E-state index in [1.165, 1.54) is 45.2 Å². The molecular formula is C23H37N5O2. The number of piperidine rings is 3.